The first-order valence-electron chi connectivity index (χ1n) is 9.28. The van der Waals surface area contributed by atoms with Gasteiger partial charge in [0, 0.05) is 28.8 Å². The molecule has 1 heterocycles. The number of carbonyl (C=O) groups excluding carboxylic acids is 2. The molecular weight excluding hydrogens is 380 g/mol. The molecule has 28 heavy (non-hydrogen) atoms. The predicted octanol–water partition coefficient (Wildman–Crippen LogP) is 4.36. The Morgan fingerprint density at radius 2 is 2.14 bits per heavy atom. The van der Waals surface area contributed by atoms with Gasteiger partial charge in [-0.3, -0.25) is 14.9 Å². The quantitative estimate of drug-likeness (QED) is 0.321. The molecule has 1 amide bonds. The molecule has 1 atom stereocenters. The largest absolute Gasteiger partial charge is 0.448 e. The molecule has 0 saturated carbocycles. The molecule has 148 valence electrons. The van der Waals surface area contributed by atoms with Gasteiger partial charge in [0.05, 0.1) is 4.92 Å². The summed E-state index contributed by atoms with van der Waals surface area (Å²) < 4.78 is 6.00. The molecule has 0 unspecified atom stereocenters. The lowest BCUT2D eigenvalue weighted by Crippen LogP contribution is -2.36. The van der Waals surface area contributed by atoms with E-state index in [0.717, 1.165) is 24.0 Å². The van der Waals surface area contributed by atoms with E-state index in [4.69, 9.17) is 4.74 Å². The summed E-state index contributed by atoms with van der Waals surface area (Å²) in [6, 6.07) is 5.96. The summed E-state index contributed by atoms with van der Waals surface area (Å²) in [5, 5.41) is 14.3. The van der Waals surface area contributed by atoms with Gasteiger partial charge in [0.15, 0.2) is 6.10 Å². The monoisotopic (exact) mass is 402 g/mol. The summed E-state index contributed by atoms with van der Waals surface area (Å²) in [6.07, 6.45) is 6.78. The number of allylic oxidation sites excluding steroid dienone is 1. The highest BCUT2D eigenvalue weighted by molar-refractivity contribution is 7.20. The van der Waals surface area contributed by atoms with E-state index in [1.807, 2.05) is 0 Å². The maximum Gasteiger partial charge on any atom is 0.349 e. The molecule has 7 nitrogen and oxygen atoms in total. The number of carbonyl (C=O) groups is 2. The third kappa shape index (κ3) is 4.95. The lowest BCUT2D eigenvalue weighted by Gasteiger charge is -2.15. The maximum absolute atomic E-state index is 12.3. The van der Waals surface area contributed by atoms with Crippen LogP contribution in [0.1, 0.15) is 48.7 Å². The minimum absolute atomic E-state index is 0.0361. The van der Waals surface area contributed by atoms with Gasteiger partial charge < -0.3 is 10.1 Å². The van der Waals surface area contributed by atoms with Gasteiger partial charge in [-0.05, 0) is 51.2 Å². The van der Waals surface area contributed by atoms with Crippen molar-refractivity contribution in [3.63, 3.8) is 0 Å². The van der Waals surface area contributed by atoms with Crippen molar-refractivity contribution >= 4 is 39.0 Å². The van der Waals surface area contributed by atoms with Crippen LogP contribution in [0.3, 0.4) is 0 Å². The summed E-state index contributed by atoms with van der Waals surface area (Å²) >= 11 is 1.18. The number of ether oxygens (including phenoxy) is 1. The van der Waals surface area contributed by atoms with Crippen LogP contribution in [0.5, 0.6) is 0 Å². The highest BCUT2D eigenvalue weighted by atomic mass is 32.1. The second-order valence-corrected chi connectivity index (χ2v) is 7.87. The third-order valence-corrected chi connectivity index (χ3v) is 5.79. The number of non-ortho nitro benzene ring substituents is 1. The van der Waals surface area contributed by atoms with E-state index >= 15 is 0 Å². The summed E-state index contributed by atoms with van der Waals surface area (Å²) in [5.41, 5.74) is 1.33. The highest BCUT2D eigenvalue weighted by Gasteiger charge is 2.21. The number of hydrogen-bond donors (Lipinski definition) is 1. The van der Waals surface area contributed by atoms with Gasteiger partial charge in [-0.25, -0.2) is 4.79 Å². The summed E-state index contributed by atoms with van der Waals surface area (Å²) in [4.78, 5) is 35.2. The van der Waals surface area contributed by atoms with Crippen molar-refractivity contribution in [1.29, 1.82) is 0 Å². The Bertz CT molecular complexity index is 934. The molecule has 3 rings (SSSR count). The van der Waals surface area contributed by atoms with E-state index in [1.54, 1.807) is 12.1 Å². The van der Waals surface area contributed by atoms with Crippen LogP contribution in [-0.4, -0.2) is 29.4 Å². The summed E-state index contributed by atoms with van der Waals surface area (Å²) in [5.74, 6) is -0.942. The molecule has 0 aliphatic heterocycles. The molecule has 1 aliphatic carbocycles. The van der Waals surface area contributed by atoms with Gasteiger partial charge in [0.2, 0.25) is 0 Å². The Morgan fingerprint density at radius 1 is 1.32 bits per heavy atom. The second-order valence-electron chi connectivity index (χ2n) is 6.79. The molecule has 0 bridgehead atoms. The fourth-order valence-corrected chi connectivity index (χ4v) is 4.06. The molecule has 0 radical (unpaired) electrons. The Labute approximate surface area is 166 Å². The van der Waals surface area contributed by atoms with Crippen LogP contribution >= 0.6 is 11.3 Å². The Hall–Kier alpha value is -2.74. The van der Waals surface area contributed by atoms with Gasteiger partial charge in [0.1, 0.15) is 4.88 Å². The standard InChI is InChI=1S/C20H22N2O5S/c1-13(19(23)21-10-9-14-5-3-2-4-6-14)27-20(24)18-12-15-11-16(22(25)26)7-8-17(15)28-18/h5,7-8,11-13H,2-4,6,9-10H2,1H3,(H,21,23)/t13-/m1/s1. The van der Waals surface area contributed by atoms with Gasteiger partial charge in [-0.1, -0.05) is 11.6 Å². The van der Waals surface area contributed by atoms with Crippen molar-refractivity contribution in [3.05, 3.63) is 50.9 Å². The molecule has 0 spiro atoms. The van der Waals surface area contributed by atoms with Crippen molar-refractivity contribution in [1.82, 2.24) is 5.32 Å². The Balaban J connectivity index is 1.54. The zero-order valence-electron chi connectivity index (χ0n) is 15.6. The molecule has 1 aromatic heterocycles. The van der Waals surface area contributed by atoms with Gasteiger partial charge >= 0.3 is 5.97 Å². The molecular formula is C20H22N2O5S. The second kappa shape index (κ2) is 8.97. The lowest BCUT2D eigenvalue weighted by molar-refractivity contribution is -0.384. The van der Waals surface area contributed by atoms with Gasteiger partial charge in [-0.15, -0.1) is 11.3 Å². The van der Waals surface area contributed by atoms with Crippen LogP contribution in [0, 0.1) is 10.1 Å². The van der Waals surface area contributed by atoms with Crippen LogP contribution in [0.4, 0.5) is 5.69 Å². The molecule has 0 saturated heterocycles. The number of nitrogens with zero attached hydrogens (tertiary/aromatic N) is 1. The predicted molar refractivity (Wildman–Crippen MR) is 108 cm³/mol. The number of fused-ring (bicyclic) bond motifs is 1. The minimum Gasteiger partial charge on any atom is -0.448 e. The number of benzene rings is 1. The van der Waals surface area contributed by atoms with Crippen LogP contribution < -0.4 is 5.32 Å². The number of amides is 1. The van der Waals surface area contributed by atoms with Crippen LogP contribution in [0.2, 0.25) is 0 Å². The summed E-state index contributed by atoms with van der Waals surface area (Å²) in [6.45, 7) is 2.06. The first-order chi connectivity index (χ1) is 13.4. The number of rotatable bonds is 7. The van der Waals surface area contributed by atoms with Crippen molar-refractivity contribution in [2.75, 3.05) is 6.54 Å². The normalized spacial score (nSPS) is 15.0. The first kappa shape index (κ1) is 20.0. The summed E-state index contributed by atoms with van der Waals surface area (Å²) in [7, 11) is 0. The van der Waals surface area contributed by atoms with Crippen molar-refractivity contribution in [3.8, 4) is 0 Å². The number of nitro groups is 1. The topological polar surface area (TPSA) is 98.5 Å². The fourth-order valence-electron chi connectivity index (χ4n) is 3.14. The number of hydrogen-bond acceptors (Lipinski definition) is 6. The maximum atomic E-state index is 12.3. The Morgan fingerprint density at radius 3 is 2.86 bits per heavy atom. The lowest BCUT2D eigenvalue weighted by atomic mass is 9.97. The number of nitrogens with one attached hydrogen (secondary N) is 1. The van der Waals surface area contributed by atoms with Crippen molar-refractivity contribution in [2.45, 2.75) is 45.1 Å². The minimum atomic E-state index is -0.910. The fraction of sp³-hybridized carbons (Fsp3) is 0.400. The molecule has 1 aromatic carbocycles. The van der Waals surface area contributed by atoms with Crippen LogP contribution in [0.25, 0.3) is 10.1 Å². The van der Waals surface area contributed by atoms with E-state index in [-0.39, 0.29) is 11.6 Å². The molecule has 1 N–H and O–H groups in total. The smallest absolute Gasteiger partial charge is 0.349 e. The molecule has 2 aromatic rings. The number of esters is 1. The SMILES string of the molecule is C[C@@H](OC(=O)c1cc2cc([N+](=O)[O-])ccc2s1)C(=O)NCCC1=CCCCC1. The number of thiophene rings is 1. The van der Waals surface area contributed by atoms with E-state index in [9.17, 15) is 19.7 Å². The molecule has 1 aliphatic rings. The zero-order chi connectivity index (χ0) is 20.1. The van der Waals surface area contributed by atoms with E-state index in [0.29, 0.717) is 16.8 Å². The van der Waals surface area contributed by atoms with E-state index < -0.39 is 17.0 Å². The van der Waals surface area contributed by atoms with Crippen LogP contribution in [0.15, 0.2) is 35.9 Å². The average Bonchev–Trinajstić information content (AvgIpc) is 3.12. The highest BCUT2D eigenvalue weighted by Crippen LogP contribution is 2.29. The van der Waals surface area contributed by atoms with Gasteiger partial charge in [-0.2, -0.15) is 0 Å². The van der Waals surface area contributed by atoms with Crippen molar-refractivity contribution < 1.29 is 19.2 Å². The van der Waals surface area contributed by atoms with Crippen LogP contribution in [-0.2, 0) is 9.53 Å². The molecule has 0 fully saturated rings. The third-order valence-electron chi connectivity index (χ3n) is 4.70. The average molecular weight is 402 g/mol. The zero-order valence-corrected chi connectivity index (χ0v) is 16.4. The number of nitro benzene ring substituents is 1. The Kier molecular flexibility index (Phi) is 6.41. The first-order valence-corrected chi connectivity index (χ1v) is 10.1. The van der Waals surface area contributed by atoms with E-state index in [2.05, 4.69) is 11.4 Å². The van der Waals surface area contributed by atoms with Crippen molar-refractivity contribution in [2.24, 2.45) is 0 Å². The van der Waals surface area contributed by atoms with Gasteiger partial charge in [0.25, 0.3) is 11.6 Å². The van der Waals surface area contributed by atoms with E-state index in [1.165, 1.54) is 48.8 Å². The molecule has 8 heteroatoms.